The molecule has 6 heteroatoms. The molecule has 0 radical (unpaired) electrons. The molecule has 20 heavy (non-hydrogen) atoms. The molecule has 0 aliphatic carbocycles. The summed E-state index contributed by atoms with van der Waals surface area (Å²) in [5, 5.41) is 11.3. The van der Waals surface area contributed by atoms with Crippen LogP contribution in [0.3, 0.4) is 0 Å². The van der Waals surface area contributed by atoms with E-state index in [1.165, 1.54) is 0 Å². The van der Waals surface area contributed by atoms with Gasteiger partial charge in [-0.05, 0) is 50.5 Å². The number of nitrogens with two attached hydrogens (primary N) is 1. The Morgan fingerprint density at radius 2 is 1.65 bits per heavy atom. The molecular weight excluding hydrogens is 256 g/mol. The van der Waals surface area contributed by atoms with Gasteiger partial charge in [0.2, 0.25) is 5.95 Å². The average molecular weight is 272 g/mol. The van der Waals surface area contributed by atoms with Gasteiger partial charge in [0.25, 0.3) is 0 Å². The van der Waals surface area contributed by atoms with Gasteiger partial charge in [-0.1, -0.05) is 6.07 Å². The number of benzene rings is 1. The second-order valence-corrected chi connectivity index (χ2v) is 4.87. The minimum absolute atomic E-state index is 0.0423. The molecule has 0 saturated heterocycles. The summed E-state index contributed by atoms with van der Waals surface area (Å²) >= 11 is 0. The number of nitrogen functional groups attached to an aromatic ring is 1. The molecule has 0 aliphatic heterocycles. The van der Waals surface area contributed by atoms with Gasteiger partial charge in [0.15, 0.2) is 5.69 Å². The van der Waals surface area contributed by atoms with Crippen molar-refractivity contribution in [1.29, 1.82) is 0 Å². The lowest BCUT2D eigenvalue weighted by Crippen LogP contribution is -2.05. The number of aryl methyl sites for hydroxylation is 4. The van der Waals surface area contributed by atoms with Crippen molar-refractivity contribution in [3.8, 4) is 11.3 Å². The van der Waals surface area contributed by atoms with Crippen LogP contribution >= 0.6 is 0 Å². The fourth-order valence-corrected chi connectivity index (χ4v) is 2.21. The second-order valence-electron chi connectivity index (χ2n) is 4.87. The minimum Gasteiger partial charge on any atom is -0.368 e. The minimum atomic E-state index is -0.460. The third-order valence-corrected chi connectivity index (χ3v) is 3.35. The number of aromatic nitrogens is 2. The van der Waals surface area contributed by atoms with E-state index in [2.05, 4.69) is 9.97 Å². The molecule has 0 aliphatic rings. The van der Waals surface area contributed by atoms with E-state index >= 15 is 0 Å². The summed E-state index contributed by atoms with van der Waals surface area (Å²) < 4.78 is 0. The summed E-state index contributed by atoms with van der Waals surface area (Å²) in [4.78, 5) is 18.8. The largest absolute Gasteiger partial charge is 0.368 e. The molecule has 2 aromatic rings. The van der Waals surface area contributed by atoms with E-state index in [9.17, 15) is 10.1 Å². The van der Waals surface area contributed by atoms with Crippen LogP contribution in [-0.4, -0.2) is 14.9 Å². The molecule has 2 N–H and O–H groups in total. The van der Waals surface area contributed by atoms with E-state index in [4.69, 9.17) is 5.73 Å². The third kappa shape index (κ3) is 2.32. The van der Waals surface area contributed by atoms with Gasteiger partial charge in [0.05, 0.1) is 4.92 Å². The van der Waals surface area contributed by atoms with Crippen molar-refractivity contribution in [3.05, 3.63) is 44.6 Å². The number of rotatable bonds is 2. The Hall–Kier alpha value is -2.50. The molecule has 104 valence electrons. The zero-order valence-corrected chi connectivity index (χ0v) is 11.9. The van der Waals surface area contributed by atoms with E-state index in [1.807, 2.05) is 32.9 Å². The van der Waals surface area contributed by atoms with Crippen molar-refractivity contribution in [2.24, 2.45) is 0 Å². The normalized spacial score (nSPS) is 10.6. The van der Waals surface area contributed by atoms with Crippen molar-refractivity contribution >= 4 is 11.6 Å². The van der Waals surface area contributed by atoms with Gasteiger partial charge in [-0.25, -0.2) is 9.97 Å². The van der Waals surface area contributed by atoms with Gasteiger partial charge in [0, 0.05) is 5.56 Å². The van der Waals surface area contributed by atoms with Crippen LogP contribution in [0.15, 0.2) is 12.1 Å². The van der Waals surface area contributed by atoms with Crippen LogP contribution in [0, 0.1) is 37.8 Å². The maximum atomic E-state index is 11.3. The molecule has 0 spiro atoms. The van der Waals surface area contributed by atoms with E-state index in [0.717, 1.165) is 22.3 Å². The lowest BCUT2D eigenvalue weighted by molar-refractivity contribution is -0.385. The highest BCUT2D eigenvalue weighted by atomic mass is 16.6. The first-order valence-electron chi connectivity index (χ1n) is 6.18. The van der Waals surface area contributed by atoms with Crippen LogP contribution in [-0.2, 0) is 0 Å². The van der Waals surface area contributed by atoms with Crippen LogP contribution < -0.4 is 5.73 Å². The number of hydrogen-bond acceptors (Lipinski definition) is 5. The summed E-state index contributed by atoms with van der Waals surface area (Å²) in [5.74, 6) is 0.0423. The van der Waals surface area contributed by atoms with E-state index in [-0.39, 0.29) is 23.0 Å². The Labute approximate surface area is 116 Å². The lowest BCUT2D eigenvalue weighted by Gasteiger charge is -2.11. The first kappa shape index (κ1) is 13.9. The molecule has 0 fully saturated rings. The molecule has 0 unspecified atom stereocenters. The monoisotopic (exact) mass is 272 g/mol. The van der Waals surface area contributed by atoms with Crippen molar-refractivity contribution in [2.45, 2.75) is 27.7 Å². The SMILES string of the molecule is Cc1cc(C)c(-c2nc(N)nc(C)c2[N+](=O)[O-])cc1C. The average Bonchev–Trinajstić information content (AvgIpc) is 2.32. The predicted octanol–water partition coefficient (Wildman–Crippen LogP) is 2.87. The molecule has 0 amide bonds. The van der Waals surface area contributed by atoms with E-state index in [0.29, 0.717) is 0 Å². The molecule has 6 nitrogen and oxygen atoms in total. The molecule has 1 aromatic carbocycles. The quantitative estimate of drug-likeness (QED) is 0.670. The summed E-state index contributed by atoms with van der Waals surface area (Å²) in [6, 6.07) is 3.89. The van der Waals surface area contributed by atoms with Crippen LogP contribution in [0.1, 0.15) is 22.4 Å². The Bertz CT molecular complexity index is 711. The van der Waals surface area contributed by atoms with Crippen molar-refractivity contribution in [1.82, 2.24) is 9.97 Å². The van der Waals surface area contributed by atoms with Crippen molar-refractivity contribution in [3.63, 3.8) is 0 Å². The number of nitro groups is 1. The fraction of sp³-hybridized carbons (Fsp3) is 0.286. The Morgan fingerprint density at radius 1 is 1.05 bits per heavy atom. The summed E-state index contributed by atoms with van der Waals surface area (Å²) in [6.07, 6.45) is 0. The molecule has 0 atom stereocenters. The Kier molecular flexibility index (Phi) is 3.40. The summed E-state index contributed by atoms with van der Waals surface area (Å²) in [6.45, 7) is 7.43. The molecule has 1 heterocycles. The van der Waals surface area contributed by atoms with E-state index < -0.39 is 4.92 Å². The topological polar surface area (TPSA) is 94.9 Å². The first-order chi connectivity index (χ1) is 9.31. The van der Waals surface area contributed by atoms with Crippen LogP contribution in [0.4, 0.5) is 11.6 Å². The Balaban J connectivity index is 2.82. The number of nitrogens with zero attached hydrogens (tertiary/aromatic N) is 3. The van der Waals surface area contributed by atoms with Gasteiger partial charge in [-0.15, -0.1) is 0 Å². The molecule has 2 rings (SSSR count). The molecule has 1 aromatic heterocycles. The zero-order chi connectivity index (χ0) is 15.0. The standard InChI is InChI=1S/C14H16N4O2/c1-7-5-9(3)11(6-8(7)2)12-13(18(19)20)10(4)16-14(15)17-12/h5-6H,1-4H3,(H2,15,16,17). The maximum Gasteiger partial charge on any atom is 0.316 e. The highest BCUT2D eigenvalue weighted by molar-refractivity contribution is 5.75. The van der Waals surface area contributed by atoms with Crippen molar-refractivity contribution < 1.29 is 4.92 Å². The summed E-state index contributed by atoms with van der Waals surface area (Å²) in [5.41, 5.74) is 9.93. The Morgan fingerprint density at radius 3 is 2.25 bits per heavy atom. The predicted molar refractivity (Wildman–Crippen MR) is 77.5 cm³/mol. The lowest BCUT2D eigenvalue weighted by atomic mass is 9.97. The molecule has 0 bridgehead atoms. The molecule has 0 saturated carbocycles. The zero-order valence-electron chi connectivity index (χ0n) is 11.9. The summed E-state index contributed by atoms with van der Waals surface area (Å²) in [7, 11) is 0. The van der Waals surface area contributed by atoms with Gasteiger partial charge in [0.1, 0.15) is 5.69 Å². The van der Waals surface area contributed by atoms with Gasteiger partial charge < -0.3 is 5.73 Å². The second kappa shape index (κ2) is 4.88. The van der Waals surface area contributed by atoms with Crippen molar-refractivity contribution in [2.75, 3.05) is 5.73 Å². The first-order valence-corrected chi connectivity index (χ1v) is 6.18. The van der Waals surface area contributed by atoms with E-state index in [1.54, 1.807) is 6.92 Å². The van der Waals surface area contributed by atoms with Crippen LogP contribution in [0.5, 0.6) is 0 Å². The van der Waals surface area contributed by atoms with Crippen LogP contribution in [0.25, 0.3) is 11.3 Å². The van der Waals surface area contributed by atoms with Gasteiger partial charge in [-0.2, -0.15) is 0 Å². The fourth-order valence-electron chi connectivity index (χ4n) is 2.21. The third-order valence-electron chi connectivity index (χ3n) is 3.35. The van der Waals surface area contributed by atoms with Crippen LogP contribution in [0.2, 0.25) is 0 Å². The smallest absolute Gasteiger partial charge is 0.316 e. The van der Waals surface area contributed by atoms with Gasteiger partial charge >= 0.3 is 5.69 Å². The number of hydrogen-bond donors (Lipinski definition) is 1. The molecular formula is C14H16N4O2. The number of anilines is 1. The maximum absolute atomic E-state index is 11.3. The highest BCUT2D eigenvalue weighted by Crippen LogP contribution is 2.33. The van der Waals surface area contributed by atoms with Gasteiger partial charge in [-0.3, -0.25) is 10.1 Å². The highest BCUT2D eigenvalue weighted by Gasteiger charge is 2.24.